The van der Waals surface area contributed by atoms with Gasteiger partial charge in [0.05, 0.1) is 5.69 Å². The lowest BCUT2D eigenvalue weighted by Gasteiger charge is -2.20. The number of aryl methyl sites for hydroxylation is 1. The molecule has 0 bridgehead atoms. The molecule has 0 aliphatic carbocycles. The number of carbonyl (C=O) groups excluding carboxylic acids is 3. The second-order valence-corrected chi connectivity index (χ2v) is 7.41. The zero-order chi connectivity index (χ0) is 20.7. The maximum atomic E-state index is 12.9. The number of nitrogens with one attached hydrogen (secondary N) is 1. The van der Waals surface area contributed by atoms with Crippen LogP contribution in [0.1, 0.15) is 11.1 Å². The van der Waals surface area contributed by atoms with Crippen LogP contribution in [0, 0.1) is 13.8 Å². The third-order valence-electron chi connectivity index (χ3n) is 5.13. The van der Waals surface area contributed by atoms with Gasteiger partial charge in [-0.05, 0) is 55.3 Å². The molecule has 2 aromatic rings. The Morgan fingerprint density at radius 2 is 1.83 bits per heavy atom. The van der Waals surface area contributed by atoms with Gasteiger partial charge in [0.1, 0.15) is 6.54 Å². The highest BCUT2D eigenvalue weighted by atomic mass is 35.5. The quantitative estimate of drug-likeness (QED) is 0.782. The third kappa shape index (κ3) is 3.36. The Hall–Kier alpha value is -3.26. The van der Waals surface area contributed by atoms with Crippen molar-refractivity contribution in [3.8, 4) is 0 Å². The largest absolute Gasteiger partial charge is 0.324 e. The number of nitrogens with zero attached hydrogens (tertiary/aromatic N) is 4. The van der Waals surface area contributed by atoms with Gasteiger partial charge in [0.25, 0.3) is 11.8 Å². The fourth-order valence-corrected chi connectivity index (χ4v) is 3.55. The summed E-state index contributed by atoms with van der Waals surface area (Å²) < 4.78 is 0. The molecule has 3 amide bonds. The van der Waals surface area contributed by atoms with Gasteiger partial charge in [-0.2, -0.15) is 5.11 Å². The number of anilines is 2. The van der Waals surface area contributed by atoms with Crippen molar-refractivity contribution in [1.29, 1.82) is 0 Å². The molecular weight excluding hydrogens is 394 g/mol. The number of hydrogen-bond acceptors (Lipinski definition) is 6. The van der Waals surface area contributed by atoms with Crippen LogP contribution >= 0.6 is 11.6 Å². The molecule has 1 fully saturated rings. The number of fused-ring (bicyclic) bond motifs is 1. The molecule has 0 radical (unpaired) electrons. The Labute approximate surface area is 172 Å². The molecule has 1 N–H and O–H groups in total. The number of rotatable bonds is 4. The predicted octanol–water partition coefficient (Wildman–Crippen LogP) is 2.89. The molecule has 2 atom stereocenters. The number of amides is 3. The normalized spacial score (nSPS) is 20.4. The molecule has 0 unspecified atom stereocenters. The van der Waals surface area contributed by atoms with E-state index in [-0.39, 0.29) is 12.5 Å². The Bertz CT molecular complexity index is 1040. The van der Waals surface area contributed by atoms with Gasteiger partial charge >= 0.3 is 0 Å². The van der Waals surface area contributed by atoms with Crippen molar-refractivity contribution < 1.29 is 14.4 Å². The Balaban J connectivity index is 1.49. The molecule has 8 nitrogen and oxygen atoms in total. The van der Waals surface area contributed by atoms with E-state index in [1.807, 2.05) is 26.0 Å². The van der Waals surface area contributed by atoms with Gasteiger partial charge < -0.3 is 5.32 Å². The van der Waals surface area contributed by atoms with Gasteiger partial charge in [0, 0.05) is 10.7 Å². The first kappa shape index (κ1) is 19.1. The summed E-state index contributed by atoms with van der Waals surface area (Å²) in [6.07, 6.45) is 0. The van der Waals surface area contributed by atoms with E-state index >= 15 is 0 Å². The van der Waals surface area contributed by atoms with E-state index < -0.39 is 23.9 Å². The molecule has 148 valence electrons. The average Bonchev–Trinajstić information content (AvgIpc) is 3.20. The van der Waals surface area contributed by atoms with E-state index in [2.05, 4.69) is 15.7 Å². The molecule has 0 saturated carbocycles. The van der Waals surface area contributed by atoms with Gasteiger partial charge in [-0.3, -0.25) is 19.4 Å². The van der Waals surface area contributed by atoms with Crippen LogP contribution < -0.4 is 10.2 Å². The van der Waals surface area contributed by atoms with Crippen LogP contribution in [0.3, 0.4) is 0 Å². The summed E-state index contributed by atoms with van der Waals surface area (Å²) in [7, 11) is 0. The summed E-state index contributed by atoms with van der Waals surface area (Å²) in [6.45, 7) is 3.68. The standard InChI is InChI=1S/C20H18ClN5O3/c1-11-4-3-5-15(12(11)2)22-16(27)10-25-18-17(23-24-25)19(28)26(20(18)29)14-8-6-13(21)7-9-14/h3-9,17-18H,10H2,1-2H3,(H,22,27)/t17-,18+/m1/s1. The van der Waals surface area contributed by atoms with Crippen molar-refractivity contribution >= 4 is 40.7 Å². The zero-order valence-electron chi connectivity index (χ0n) is 15.8. The molecule has 2 heterocycles. The summed E-state index contributed by atoms with van der Waals surface area (Å²) in [5.41, 5.74) is 3.12. The molecule has 0 aromatic heterocycles. The van der Waals surface area contributed by atoms with Crippen LogP contribution in [-0.4, -0.2) is 41.4 Å². The minimum Gasteiger partial charge on any atom is -0.324 e. The molecule has 9 heteroatoms. The van der Waals surface area contributed by atoms with E-state index in [0.29, 0.717) is 16.4 Å². The lowest BCUT2D eigenvalue weighted by molar-refractivity contribution is -0.123. The van der Waals surface area contributed by atoms with Crippen LogP contribution in [0.4, 0.5) is 11.4 Å². The van der Waals surface area contributed by atoms with E-state index in [1.165, 1.54) is 5.01 Å². The number of imide groups is 1. The van der Waals surface area contributed by atoms with E-state index in [0.717, 1.165) is 16.0 Å². The Morgan fingerprint density at radius 1 is 1.10 bits per heavy atom. The van der Waals surface area contributed by atoms with Crippen molar-refractivity contribution in [2.45, 2.75) is 25.9 Å². The van der Waals surface area contributed by atoms with Gasteiger partial charge in [-0.15, -0.1) is 0 Å². The average molecular weight is 412 g/mol. The minimum absolute atomic E-state index is 0.189. The summed E-state index contributed by atoms with van der Waals surface area (Å²) in [4.78, 5) is 39.2. The number of benzene rings is 2. The van der Waals surface area contributed by atoms with Crippen LogP contribution in [0.15, 0.2) is 52.8 Å². The van der Waals surface area contributed by atoms with Crippen molar-refractivity contribution in [2.24, 2.45) is 10.3 Å². The Kier molecular flexibility index (Phi) is 4.79. The fourth-order valence-electron chi connectivity index (χ4n) is 3.42. The van der Waals surface area contributed by atoms with Gasteiger partial charge in [-0.25, -0.2) is 4.90 Å². The maximum absolute atomic E-state index is 12.9. The molecule has 2 aliphatic rings. The lowest BCUT2D eigenvalue weighted by atomic mass is 10.1. The molecule has 0 spiro atoms. The maximum Gasteiger partial charge on any atom is 0.263 e. The molecule has 1 saturated heterocycles. The van der Waals surface area contributed by atoms with Crippen LogP contribution in [-0.2, 0) is 14.4 Å². The van der Waals surface area contributed by atoms with Crippen molar-refractivity contribution in [1.82, 2.24) is 5.01 Å². The van der Waals surface area contributed by atoms with Gasteiger partial charge in [0.2, 0.25) is 5.91 Å². The van der Waals surface area contributed by atoms with E-state index in [1.54, 1.807) is 30.3 Å². The molecule has 2 aliphatic heterocycles. The summed E-state index contributed by atoms with van der Waals surface area (Å²) in [6, 6.07) is 10.1. The number of hydrogen-bond donors (Lipinski definition) is 1. The molecule has 4 rings (SSSR count). The fraction of sp³-hybridized carbons (Fsp3) is 0.250. The first-order chi connectivity index (χ1) is 13.9. The summed E-state index contributed by atoms with van der Waals surface area (Å²) >= 11 is 5.88. The Morgan fingerprint density at radius 3 is 2.55 bits per heavy atom. The molecular formula is C20H18ClN5O3. The van der Waals surface area contributed by atoms with Crippen LogP contribution in [0.2, 0.25) is 5.02 Å². The van der Waals surface area contributed by atoms with Crippen LogP contribution in [0.5, 0.6) is 0 Å². The smallest absolute Gasteiger partial charge is 0.263 e. The predicted molar refractivity (Wildman–Crippen MR) is 108 cm³/mol. The minimum atomic E-state index is -0.952. The van der Waals surface area contributed by atoms with Crippen LogP contribution in [0.25, 0.3) is 0 Å². The SMILES string of the molecule is Cc1cccc(NC(=O)CN2N=N[C@H]3C(=O)N(c4ccc(Cl)cc4)C(=O)[C@H]32)c1C. The van der Waals surface area contributed by atoms with E-state index in [4.69, 9.17) is 11.6 Å². The summed E-state index contributed by atoms with van der Waals surface area (Å²) in [5, 5.41) is 12.4. The molecule has 29 heavy (non-hydrogen) atoms. The van der Waals surface area contributed by atoms with Gasteiger partial charge in [-0.1, -0.05) is 29.0 Å². The molecule has 2 aromatic carbocycles. The highest BCUT2D eigenvalue weighted by Gasteiger charge is 2.55. The van der Waals surface area contributed by atoms with Crippen molar-refractivity contribution in [3.05, 3.63) is 58.6 Å². The first-order valence-corrected chi connectivity index (χ1v) is 9.41. The number of carbonyl (C=O) groups is 3. The highest BCUT2D eigenvalue weighted by Crippen LogP contribution is 2.32. The second kappa shape index (κ2) is 7.29. The monoisotopic (exact) mass is 411 g/mol. The number of halogens is 1. The van der Waals surface area contributed by atoms with Crippen molar-refractivity contribution in [3.63, 3.8) is 0 Å². The summed E-state index contributed by atoms with van der Waals surface area (Å²) in [5.74, 6) is -1.28. The zero-order valence-corrected chi connectivity index (χ0v) is 16.6. The lowest BCUT2D eigenvalue weighted by Crippen LogP contribution is -2.43. The van der Waals surface area contributed by atoms with Gasteiger partial charge in [0.15, 0.2) is 12.1 Å². The van der Waals surface area contributed by atoms with Crippen molar-refractivity contribution in [2.75, 3.05) is 16.8 Å². The van der Waals surface area contributed by atoms with E-state index in [9.17, 15) is 14.4 Å². The topological polar surface area (TPSA) is 94.4 Å². The third-order valence-corrected chi connectivity index (χ3v) is 5.38. The first-order valence-electron chi connectivity index (χ1n) is 9.03. The highest BCUT2D eigenvalue weighted by molar-refractivity contribution is 6.31. The second-order valence-electron chi connectivity index (χ2n) is 6.98.